The number of rotatable bonds is 2. The molecule has 1 aromatic carbocycles. The number of carbonyl (C=O) groups is 1. The SMILES string of the molecule is O=C1CC[N+](=O)C1Cc1c(Cl)cccc1Cl. The zero-order chi connectivity index (χ0) is 11.7. The molecule has 1 heterocycles. The Morgan fingerprint density at radius 1 is 1.31 bits per heavy atom. The largest absolute Gasteiger partial charge is 0.292 e. The zero-order valence-corrected chi connectivity index (χ0v) is 9.96. The molecule has 0 aliphatic carbocycles. The first kappa shape index (κ1) is 11.6. The summed E-state index contributed by atoms with van der Waals surface area (Å²) in [5.41, 5.74) is 0.673. The molecule has 0 aromatic heterocycles. The van der Waals surface area contributed by atoms with E-state index in [0.717, 1.165) is 4.76 Å². The normalized spacial score (nSPS) is 20.5. The molecular weight excluding hydrogens is 249 g/mol. The molecule has 1 aliphatic rings. The molecule has 0 saturated carbocycles. The molecule has 1 fully saturated rings. The van der Waals surface area contributed by atoms with Crippen LogP contribution in [0, 0.1) is 4.91 Å². The van der Waals surface area contributed by atoms with Gasteiger partial charge in [-0.25, -0.2) is 0 Å². The fourth-order valence-electron chi connectivity index (χ4n) is 1.84. The minimum atomic E-state index is -0.627. The molecule has 0 radical (unpaired) electrons. The number of benzene rings is 1. The van der Waals surface area contributed by atoms with Crippen molar-refractivity contribution in [3.05, 3.63) is 38.7 Å². The lowest BCUT2D eigenvalue weighted by Crippen LogP contribution is -2.26. The van der Waals surface area contributed by atoms with Crippen molar-refractivity contribution in [1.29, 1.82) is 0 Å². The van der Waals surface area contributed by atoms with Crippen LogP contribution in [0.3, 0.4) is 0 Å². The molecule has 84 valence electrons. The Kier molecular flexibility index (Phi) is 3.26. The molecule has 0 N–H and O–H groups in total. The van der Waals surface area contributed by atoms with Crippen LogP contribution in [0.15, 0.2) is 18.2 Å². The molecule has 5 heteroatoms. The second-order valence-corrected chi connectivity index (χ2v) is 4.59. The summed E-state index contributed by atoms with van der Waals surface area (Å²) < 4.78 is 0.808. The fourth-order valence-corrected chi connectivity index (χ4v) is 2.39. The van der Waals surface area contributed by atoms with Gasteiger partial charge in [0.2, 0.25) is 5.78 Å². The number of nitroso groups, excluding NO2 is 1. The van der Waals surface area contributed by atoms with E-state index in [1.807, 2.05) is 0 Å². The van der Waals surface area contributed by atoms with E-state index >= 15 is 0 Å². The monoisotopic (exact) mass is 258 g/mol. The highest BCUT2D eigenvalue weighted by molar-refractivity contribution is 6.36. The summed E-state index contributed by atoms with van der Waals surface area (Å²) >= 11 is 12.0. The number of hydrogen-bond donors (Lipinski definition) is 0. The predicted molar refractivity (Wildman–Crippen MR) is 62.1 cm³/mol. The van der Waals surface area contributed by atoms with E-state index in [1.165, 1.54) is 0 Å². The minimum Gasteiger partial charge on any atom is -0.292 e. The van der Waals surface area contributed by atoms with Crippen molar-refractivity contribution in [1.82, 2.24) is 0 Å². The lowest BCUT2D eigenvalue weighted by atomic mass is 10.0. The molecule has 3 nitrogen and oxygen atoms in total. The van der Waals surface area contributed by atoms with Gasteiger partial charge in [0.1, 0.15) is 0 Å². The van der Waals surface area contributed by atoms with Crippen molar-refractivity contribution >= 4 is 29.0 Å². The maximum atomic E-state index is 11.5. The van der Waals surface area contributed by atoms with Crippen molar-refractivity contribution in [3.63, 3.8) is 0 Å². The Labute approximate surface area is 103 Å². The summed E-state index contributed by atoms with van der Waals surface area (Å²) in [5, 5.41) is 1.00. The van der Waals surface area contributed by atoms with Crippen molar-refractivity contribution < 1.29 is 9.55 Å². The van der Waals surface area contributed by atoms with Crippen molar-refractivity contribution in [2.24, 2.45) is 0 Å². The smallest absolute Gasteiger partial charge is 0.262 e. The quantitative estimate of drug-likeness (QED) is 0.765. The molecule has 2 rings (SSSR count). The maximum Gasteiger partial charge on any atom is 0.262 e. The highest BCUT2D eigenvalue weighted by atomic mass is 35.5. The number of nitrogens with zero attached hydrogens (tertiary/aromatic N) is 1. The summed E-state index contributed by atoms with van der Waals surface area (Å²) in [6, 6.07) is 4.52. The third kappa shape index (κ3) is 2.11. The van der Waals surface area contributed by atoms with Crippen LogP contribution in [-0.2, 0) is 11.2 Å². The second-order valence-electron chi connectivity index (χ2n) is 3.78. The van der Waals surface area contributed by atoms with Gasteiger partial charge in [-0.1, -0.05) is 29.3 Å². The Balaban J connectivity index is 2.27. The van der Waals surface area contributed by atoms with E-state index in [9.17, 15) is 9.70 Å². The van der Waals surface area contributed by atoms with Gasteiger partial charge in [0.05, 0.1) is 6.42 Å². The van der Waals surface area contributed by atoms with Gasteiger partial charge < -0.3 is 0 Å². The second kappa shape index (κ2) is 4.52. The van der Waals surface area contributed by atoms with E-state index < -0.39 is 6.04 Å². The van der Waals surface area contributed by atoms with Crippen LogP contribution in [-0.4, -0.2) is 23.1 Å². The molecule has 0 amide bonds. The van der Waals surface area contributed by atoms with Gasteiger partial charge >= 0.3 is 0 Å². The van der Waals surface area contributed by atoms with E-state index in [2.05, 4.69) is 0 Å². The molecule has 0 bridgehead atoms. The van der Waals surface area contributed by atoms with Crippen LogP contribution in [0.4, 0.5) is 0 Å². The highest BCUT2D eigenvalue weighted by Crippen LogP contribution is 2.27. The molecule has 1 unspecified atom stereocenters. The maximum absolute atomic E-state index is 11.5. The topological polar surface area (TPSA) is 37.1 Å². The van der Waals surface area contributed by atoms with E-state index in [-0.39, 0.29) is 12.3 Å². The third-order valence-electron chi connectivity index (χ3n) is 2.76. The molecule has 1 atom stereocenters. The first-order chi connectivity index (χ1) is 7.59. The molecule has 0 spiro atoms. The van der Waals surface area contributed by atoms with E-state index in [4.69, 9.17) is 23.2 Å². The predicted octanol–water partition coefficient (Wildman–Crippen LogP) is 2.66. The molecule has 1 saturated heterocycles. The van der Waals surface area contributed by atoms with E-state index in [0.29, 0.717) is 28.5 Å². The van der Waals surface area contributed by atoms with Crippen LogP contribution in [0.25, 0.3) is 0 Å². The Morgan fingerprint density at radius 3 is 2.44 bits per heavy atom. The van der Waals surface area contributed by atoms with Gasteiger partial charge in [-0.3, -0.25) is 4.79 Å². The summed E-state index contributed by atoms with van der Waals surface area (Å²) in [7, 11) is 0. The summed E-state index contributed by atoms with van der Waals surface area (Å²) in [5.74, 6) is -0.0361. The van der Waals surface area contributed by atoms with Crippen LogP contribution in [0.2, 0.25) is 10.0 Å². The van der Waals surface area contributed by atoms with Crippen molar-refractivity contribution in [3.8, 4) is 0 Å². The van der Waals surface area contributed by atoms with Gasteiger partial charge in [0.25, 0.3) is 6.04 Å². The summed E-state index contributed by atoms with van der Waals surface area (Å²) in [6.45, 7) is 0.269. The van der Waals surface area contributed by atoms with E-state index in [1.54, 1.807) is 18.2 Å². The van der Waals surface area contributed by atoms with Crippen LogP contribution in [0.1, 0.15) is 12.0 Å². The van der Waals surface area contributed by atoms with Gasteiger partial charge in [0, 0.05) is 26.1 Å². The minimum absolute atomic E-state index is 0.0361. The van der Waals surface area contributed by atoms with Gasteiger partial charge in [-0.05, 0) is 17.7 Å². The van der Waals surface area contributed by atoms with Gasteiger partial charge in [-0.2, -0.15) is 0 Å². The first-order valence-electron chi connectivity index (χ1n) is 4.99. The van der Waals surface area contributed by atoms with Gasteiger partial charge in [-0.15, -0.1) is 0 Å². The Morgan fingerprint density at radius 2 is 1.94 bits per heavy atom. The lowest BCUT2D eigenvalue weighted by molar-refractivity contribution is -0.557. The van der Waals surface area contributed by atoms with Crippen LogP contribution >= 0.6 is 23.2 Å². The zero-order valence-electron chi connectivity index (χ0n) is 8.45. The third-order valence-corrected chi connectivity index (χ3v) is 3.47. The number of Topliss-reactive ketones (excluding diaryl/α,β-unsaturated/α-hetero) is 1. The molecule has 16 heavy (non-hydrogen) atoms. The Bertz CT molecular complexity index is 423. The van der Waals surface area contributed by atoms with Crippen LogP contribution in [0.5, 0.6) is 0 Å². The van der Waals surface area contributed by atoms with Crippen LogP contribution < -0.4 is 0 Å². The van der Waals surface area contributed by atoms with Crippen molar-refractivity contribution in [2.45, 2.75) is 18.9 Å². The molecule has 1 aliphatic heterocycles. The average molecular weight is 259 g/mol. The molecule has 1 aromatic rings. The number of ketones is 1. The Hall–Kier alpha value is -0.930. The number of carbonyl (C=O) groups excluding carboxylic acids is 1. The van der Waals surface area contributed by atoms with Gasteiger partial charge in [0.15, 0.2) is 6.54 Å². The standard InChI is InChI=1S/C11H10Cl2NO2/c12-8-2-1-3-9(13)7(8)6-10-11(15)4-5-14(10)16/h1-3,10H,4-6H2/q+1. The average Bonchev–Trinajstić information content (AvgIpc) is 2.54. The molecular formula is C11H10Cl2NO2+. The fraction of sp³-hybridized carbons (Fsp3) is 0.364. The summed E-state index contributed by atoms with van der Waals surface area (Å²) in [4.78, 5) is 22.9. The van der Waals surface area contributed by atoms with Crippen molar-refractivity contribution in [2.75, 3.05) is 6.54 Å². The first-order valence-corrected chi connectivity index (χ1v) is 5.74. The lowest BCUT2D eigenvalue weighted by Gasteiger charge is -2.06. The number of halogens is 2. The number of hydrogen-bond acceptors (Lipinski definition) is 2. The summed E-state index contributed by atoms with van der Waals surface area (Å²) in [6.07, 6.45) is 0.608. The highest BCUT2D eigenvalue weighted by Gasteiger charge is 2.40.